The fourth-order valence-corrected chi connectivity index (χ4v) is 1.93. The van der Waals surface area contributed by atoms with Crippen molar-refractivity contribution in [1.82, 2.24) is 0 Å². The second-order valence-electron chi connectivity index (χ2n) is 4.67. The molecule has 1 aromatic rings. The first-order chi connectivity index (χ1) is 9.62. The van der Waals surface area contributed by atoms with Crippen molar-refractivity contribution in [1.29, 1.82) is 0 Å². The van der Waals surface area contributed by atoms with E-state index in [9.17, 15) is 4.79 Å². The van der Waals surface area contributed by atoms with Crippen LogP contribution in [0.5, 0.6) is 11.5 Å². The van der Waals surface area contributed by atoms with Crippen LogP contribution in [0.3, 0.4) is 0 Å². The van der Waals surface area contributed by atoms with Crippen molar-refractivity contribution < 1.29 is 14.3 Å². The van der Waals surface area contributed by atoms with Crippen LogP contribution in [0.2, 0.25) is 0 Å². The fraction of sp³-hybridized carbons (Fsp3) is 0.533. The lowest BCUT2D eigenvalue weighted by Gasteiger charge is -2.13. The van der Waals surface area contributed by atoms with E-state index < -0.39 is 0 Å². The predicted molar refractivity (Wildman–Crippen MR) is 80.4 cm³/mol. The van der Waals surface area contributed by atoms with Crippen LogP contribution in [0, 0.1) is 6.92 Å². The molecule has 20 heavy (non-hydrogen) atoms. The van der Waals surface area contributed by atoms with Gasteiger partial charge in [0.2, 0.25) is 5.91 Å². The average molecular weight is 280 g/mol. The van der Waals surface area contributed by atoms with Crippen molar-refractivity contribution in [2.75, 3.05) is 26.1 Å². The molecule has 0 aliphatic carbocycles. The third kappa shape index (κ3) is 4.74. The zero-order valence-electron chi connectivity index (χ0n) is 12.5. The summed E-state index contributed by atoms with van der Waals surface area (Å²) in [6, 6.07) is 3.63. The summed E-state index contributed by atoms with van der Waals surface area (Å²) in [6.07, 6.45) is 3.31. The van der Waals surface area contributed by atoms with Gasteiger partial charge in [-0.25, -0.2) is 0 Å². The molecule has 5 nitrogen and oxygen atoms in total. The van der Waals surface area contributed by atoms with E-state index in [1.165, 1.54) is 0 Å². The smallest absolute Gasteiger partial charge is 0.224 e. The van der Waals surface area contributed by atoms with Gasteiger partial charge in [-0.05, 0) is 37.9 Å². The van der Waals surface area contributed by atoms with Crippen molar-refractivity contribution in [2.24, 2.45) is 5.73 Å². The number of nitrogens with two attached hydrogens (primary N) is 1. The van der Waals surface area contributed by atoms with Crippen molar-refractivity contribution in [3.63, 3.8) is 0 Å². The maximum Gasteiger partial charge on any atom is 0.224 e. The number of nitrogens with one attached hydrogen (secondary N) is 1. The van der Waals surface area contributed by atoms with E-state index >= 15 is 0 Å². The number of ether oxygens (including phenoxy) is 2. The SMILES string of the molecule is COc1cc(C)c(NC(=O)CCCCCN)cc1OC. The van der Waals surface area contributed by atoms with Gasteiger partial charge in [0, 0.05) is 18.2 Å². The van der Waals surface area contributed by atoms with Crippen LogP contribution in [0.4, 0.5) is 5.69 Å². The van der Waals surface area contributed by atoms with Crippen molar-refractivity contribution in [3.8, 4) is 11.5 Å². The molecule has 0 unspecified atom stereocenters. The largest absolute Gasteiger partial charge is 0.493 e. The number of rotatable bonds is 8. The van der Waals surface area contributed by atoms with E-state index in [4.69, 9.17) is 15.2 Å². The standard InChI is InChI=1S/C15H24N2O3/c1-11-9-13(19-2)14(20-3)10-12(11)17-15(18)7-5-4-6-8-16/h9-10H,4-8,16H2,1-3H3,(H,17,18). The van der Waals surface area contributed by atoms with Crippen molar-refractivity contribution in [2.45, 2.75) is 32.6 Å². The molecule has 0 saturated carbocycles. The molecule has 0 aliphatic heterocycles. The Kier molecular flexibility index (Phi) is 6.87. The Morgan fingerprint density at radius 2 is 1.80 bits per heavy atom. The molecule has 0 radical (unpaired) electrons. The molecule has 1 rings (SSSR count). The minimum absolute atomic E-state index is 0.0114. The molecule has 0 heterocycles. The van der Waals surface area contributed by atoms with Crippen LogP contribution in [0.1, 0.15) is 31.2 Å². The molecular formula is C15H24N2O3. The van der Waals surface area contributed by atoms with Crippen LogP contribution in [-0.2, 0) is 4.79 Å². The van der Waals surface area contributed by atoms with E-state index in [2.05, 4.69) is 5.32 Å². The summed E-state index contributed by atoms with van der Waals surface area (Å²) in [6.45, 7) is 2.60. The Bertz CT molecular complexity index is 447. The van der Waals surface area contributed by atoms with Crippen LogP contribution in [-0.4, -0.2) is 26.7 Å². The number of hydrogen-bond donors (Lipinski definition) is 2. The maximum atomic E-state index is 11.9. The Hall–Kier alpha value is -1.75. The topological polar surface area (TPSA) is 73.6 Å². The second-order valence-corrected chi connectivity index (χ2v) is 4.67. The van der Waals surface area contributed by atoms with Gasteiger partial charge in [0.1, 0.15) is 0 Å². The molecule has 0 fully saturated rings. The molecular weight excluding hydrogens is 256 g/mol. The van der Waals surface area contributed by atoms with Crippen molar-refractivity contribution >= 4 is 11.6 Å². The molecule has 0 bridgehead atoms. The Labute approximate surface area is 120 Å². The van der Waals surface area contributed by atoms with Crippen LogP contribution in [0.15, 0.2) is 12.1 Å². The monoisotopic (exact) mass is 280 g/mol. The highest BCUT2D eigenvalue weighted by molar-refractivity contribution is 5.91. The lowest BCUT2D eigenvalue weighted by molar-refractivity contribution is -0.116. The molecule has 0 atom stereocenters. The maximum absolute atomic E-state index is 11.9. The molecule has 0 aromatic heterocycles. The highest BCUT2D eigenvalue weighted by Gasteiger charge is 2.10. The van der Waals surface area contributed by atoms with Gasteiger partial charge >= 0.3 is 0 Å². The second kappa shape index (κ2) is 8.43. The fourth-order valence-electron chi connectivity index (χ4n) is 1.93. The first kappa shape index (κ1) is 16.3. The minimum Gasteiger partial charge on any atom is -0.493 e. The molecule has 0 saturated heterocycles. The summed E-state index contributed by atoms with van der Waals surface area (Å²) >= 11 is 0. The van der Waals surface area contributed by atoms with Crippen LogP contribution in [0.25, 0.3) is 0 Å². The van der Waals surface area contributed by atoms with E-state index in [1.54, 1.807) is 20.3 Å². The van der Waals surface area contributed by atoms with Gasteiger partial charge in [0.25, 0.3) is 0 Å². The van der Waals surface area contributed by atoms with E-state index in [0.29, 0.717) is 24.5 Å². The molecule has 112 valence electrons. The highest BCUT2D eigenvalue weighted by atomic mass is 16.5. The summed E-state index contributed by atoms with van der Waals surface area (Å²) in [5, 5.41) is 2.91. The Morgan fingerprint density at radius 3 is 2.40 bits per heavy atom. The van der Waals surface area contributed by atoms with Gasteiger partial charge in [0.15, 0.2) is 11.5 Å². The number of anilines is 1. The third-order valence-electron chi connectivity index (χ3n) is 3.11. The van der Waals surface area contributed by atoms with Gasteiger partial charge in [-0.15, -0.1) is 0 Å². The summed E-state index contributed by atoms with van der Waals surface area (Å²) in [5.41, 5.74) is 7.12. The number of methoxy groups -OCH3 is 2. The normalized spacial score (nSPS) is 10.2. The summed E-state index contributed by atoms with van der Waals surface area (Å²) in [7, 11) is 3.17. The van der Waals surface area contributed by atoms with E-state index in [1.807, 2.05) is 13.0 Å². The summed E-state index contributed by atoms with van der Waals surface area (Å²) in [5.74, 6) is 1.28. The van der Waals surface area contributed by atoms with E-state index in [-0.39, 0.29) is 5.91 Å². The molecule has 3 N–H and O–H groups in total. The number of benzene rings is 1. The van der Waals surface area contributed by atoms with Gasteiger partial charge < -0.3 is 20.5 Å². The van der Waals surface area contributed by atoms with Gasteiger partial charge in [-0.1, -0.05) is 6.42 Å². The molecule has 5 heteroatoms. The van der Waals surface area contributed by atoms with Crippen LogP contribution < -0.4 is 20.5 Å². The van der Waals surface area contributed by atoms with Gasteiger partial charge in [-0.3, -0.25) is 4.79 Å². The lowest BCUT2D eigenvalue weighted by Crippen LogP contribution is -2.12. The summed E-state index contributed by atoms with van der Waals surface area (Å²) < 4.78 is 10.5. The Morgan fingerprint density at radius 1 is 1.15 bits per heavy atom. The number of aryl methyl sites for hydroxylation is 1. The Balaban J connectivity index is 2.65. The first-order valence-corrected chi connectivity index (χ1v) is 6.85. The average Bonchev–Trinajstić information content (AvgIpc) is 2.45. The quantitative estimate of drug-likeness (QED) is 0.717. The summed E-state index contributed by atoms with van der Waals surface area (Å²) in [4.78, 5) is 11.9. The first-order valence-electron chi connectivity index (χ1n) is 6.85. The number of carbonyl (C=O) groups excluding carboxylic acids is 1. The number of hydrogen-bond acceptors (Lipinski definition) is 4. The zero-order chi connectivity index (χ0) is 15.0. The lowest BCUT2D eigenvalue weighted by atomic mass is 10.1. The minimum atomic E-state index is 0.0114. The predicted octanol–water partition coefficient (Wildman–Crippen LogP) is 2.47. The molecule has 0 aliphatic rings. The molecule has 0 spiro atoms. The zero-order valence-corrected chi connectivity index (χ0v) is 12.5. The number of carbonyl (C=O) groups is 1. The van der Waals surface area contributed by atoms with Crippen LogP contribution >= 0.6 is 0 Å². The number of amides is 1. The van der Waals surface area contributed by atoms with E-state index in [0.717, 1.165) is 30.5 Å². The van der Waals surface area contributed by atoms with Crippen molar-refractivity contribution in [3.05, 3.63) is 17.7 Å². The molecule has 1 amide bonds. The van der Waals surface area contributed by atoms with Gasteiger partial charge in [0.05, 0.1) is 14.2 Å². The molecule has 1 aromatic carbocycles. The number of unbranched alkanes of at least 4 members (excludes halogenated alkanes) is 2. The third-order valence-corrected chi connectivity index (χ3v) is 3.11. The highest BCUT2D eigenvalue weighted by Crippen LogP contribution is 2.32. The van der Waals surface area contributed by atoms with Gasteiger partial charge in [-0.2, -0.15) is 0 Å².